The Labute approximate surface area is 167 Å². The number of methoxy groups -OCH3 is 2. The molecule has 152 valence electrons. The van der Waals surface area contributed by atoms with E-state index in [-0.39, 0.29) is 5.91 Å². The van der Waals surface area contributed by atoms with Crippen molar-refractivity contribution in [3.8, 4) is 17.4 Å². The summed E-state index contributed by atoms with van der Waals surface area (Å²) >= 11 is 1.06. The first-order valence-corrected chi connectivity index (χ1v) is 9.74. The quantitative estimate of drug-likeness (QED) is 0.710. The molecule has 1 aromatic heterocycles. The highest BCUT2D eigenvalue weighted by atomic mass is 32.1. The van der Waals surface area contributed by atoms with Crippen LogP contribution in [0, 0.1) is 0 Å². The second-order valence-corrected chi connectivity index (χ2v) is 6.59. The first-order chi connectivity index (χ1) is 13.7. The van der Waals surface area contributed by atoms with Crippen molar-refractivity contribution in [3.05, 3.63) is 18.2 Å². The summed E-state index contributed by atoms with van der Waals surface area (Å²) in [4.78, 5) is 14.9. The van der Waals surface area contributed by atoms with Crippen molar-refractivity contribution < 1.29 is 23.7 Å². The van der Waals surface area contributed by atoms with Gasteiger partial charge in [0.25, 0.3) is 11.8 Å². The van der Waals surface area contributed by atoms with Gasteiger partial charge in [0.05, 0.1) is 44.8 Å². The summed E-state index contributed by atoms with van der Waals surface area (Å²) in [5.74, 6) is 1.87. The Bertz CT molecular complexity index is 794. The lowest BCUT2D eigenvalue weighted by atomic mass is 10.2. The Morgan fingerprint density at radius 2 is 2.07 bits per heavy atom. The molecule has 0 spiro atoms. The highest BCUT2D eigenvalue weighted by molar-refractivity contribution is 6.99. The van der Waals surface area contributed by atoms with Crippen molar-refractivity contribution >= 4 is 29.1 Å². The number of amides is 1. The fourth-order valence-corrected chi connectivity index (χ4v) is 3.31. The van der Waals surface area contributed by atoms with E-state index in [1.54, 1.807) is 32.4 Å². The first-order valence-electron chi connectivity index (χ1n) is 9.01. The van der Waals surface area contributed by atoms with Crippen LogP contribution in [-0.4, -0.2) is 61.3 Å². The van der Waals surface area contributed by atoms with Crippen LogP contribution in [0.15, 0.2) is 18.2 Å². The van der Waals surface area contributed by atoms with Gasteiger partial charge in [-0.1, -0.05) is 6.92 Å². The predicted octanol–water partition coefficient (Wildman–Crippen LogP) is 2.19. The van der Waals surface area contributed by atoms with Gasteiger partial charge in [0.15, 0.2) is 6.10 Å². The van der Waals surface area contributed by atoms with Gasteiger partial charge in [0, 0.05) is 19.2 Å². The molecule has 2 aromatic rings. The number of ether oxygens (including phenoxy) is 4. The van der Waals surface area contributed by atoms with E-state index in [1.807, 2.05) is 6.92 Å². The van der Waals surface area contributed by atoms with E-state index >= 15 is 0 Å². The number of nitrogens with zero attached hydrogens (tertiary/aromatic N) is 3. The van der Waals surface area contributed by atoms with Gasteiger partial charge in [-0.2, -0.15) is 4.37 Å². The van der Waals surface area contributed by atoms with Crippen molar-refractivity contribution in [2.75, 3.05) is 50.7 Å². The smallest absolute Gasteiger partial charge is 0.271 e. The lowest BCUT2D eigenvalue weighted by molar-refractivity contribution is -0.122. The molecule has 2 heterocycles. The zero-order valence-corrected chi connectivity index (χ0v) is 17.0. The number of hydrogen-bond donors (Lipinski definition) is 1. The molecule has 28 heavy (non-hydrogen) atoms. The maximum atomic E-state index is 12.8. The van der Waals surface area contributed by atoms with Crippen molar-refractivity contribution in [2.24, 2.45) is 0 Å². The Balaban J connectivity index is 1.72. The van der Waals surface area contributed by atoms with Crippen LogP contribution in [0.2, 0.25) is 0 Å². The van der Waals surface area contributed by atoms with Gasteiger partial charge in [0.2, 0.25) is 5.82 Å². The molecule has 1 saturated heterocycles. The molecule has 1 aliphatic rings. The molecule has 1 fully saturated rings. The topological polar surface area (TPSA) is 95.0 Å². The average molecular weight is 408 g/mol. The van der Waals surface area contributed by atoms with Crippen molar-refractivity contribution in [1.82, 2.24) is 8.75 Å². The van der Waals surface area contributed by atoms with Crippen LogP contribution in [0.3, 0.4) is 0 Å². The molecular formula is C18H24N4O5S. The molecule has 10 heteroatoms. The summed E-state index contributed by atoms with van der Waals surface area (Å²) in [6.45, 7) is 4.56. The number of rotatable bonds is 8. The average Bonchev–Trinajstić information content (AvgIpc) is 3.20. The largest absolute Gasteiger partial charge is 0.497 e. The summed E-state index contributed by atoms with van der Waals surface area (Å²) in [6.07, 6.45) is -0.252. The maximum Gasteiger partial charge on any atom is 0.271 e. The fraction of sp³-hybridized carbons (Fsp3) is 0.500. The number of anilines is 2. The van der Waals surface area contributed by atoms with E-state index in [9.17, 15) is 4.79 Å². The minimum Gasteiger partial charge on any atom is -0.497 e. The summed E-state index contributed by atoms with van der Waals surface area (Å²) in [5.41, 5.74) is 0.513. The van der Waals surface area contributed by atoms with Gasteiger partial charge in [-0.25, -0.2) is 0 Å². The predicted molar refractivity (Wildman–Crippen MR) is 106 cm³/mol. The number of carbonyl (C=O) groups is 1. The fourth-order valence-electron chi connectivity index (χ4n) is 2.80. The van der Waals surface area contributed by atoms with Gasteiger partial charge in [-0.05, 0) is 18.6 Å². The Kier molecular flexibility index (Phi) is 6.88. The molecule has 1 aromatic carbocycles. The minimum absolute atomic E-state index is 0.296. The lowest BCUT2D eigenvalue weighted by Crippen LogP contribution is -2.37. The van der Waals surface area contributed by atoms with Crippen LogP contribution < -0.4 is 24.4 Å². The third-order valence-corrected chi connectivity index (χ3v) is 4.84. The van der Waals surface area contributed by atoms with Gasteiger partial charge < -0.3 is 29.2 Å². The molecule has 1 aliphatic heterocycles. The summed E-state index contributed by atoms with van der Waals surface area (Å²) in [7, 11) is 3.11. The summed E-state index contributed by atoms with van der Waals surface area (Å²) < 4.78 is 30.4. The van der Waals surface area contributed by atoms with E-state index in [4.69, 9.17) is 18.9 Å². The first kappa shape index (κ1) is 20.2. The van der Waals surface area contributed by atoms with E-state index in [1.165, 1.54) is 0 Å². The number of aromatic nitrogens is 2. The molecule has 1 N–H and O–H groups in total. The number of carbonyl (C=O) groups excluding carboxylic acids is 1. The molecule has 1 atom stereocenters. The van der Waals surface area contributed by atoms with Crippen LogP contribution in [0.25, 0.3) is 0 Å². The van der Waals surface area contributed by atoms with E-state index < -0.39 is 6.10 Å². The Hall–Kier alpha value is -2.59. The Morgan fingerprint density at radius 1 is 1.29 bits per heavy atom. The van der Waals surface area contributed by atoms with Gasteiger partial charge in [-0.15, -0.1) is 4.37 Å². The standard InChI is InChI=1S/C18H24N4O5S/c1-4-14(17(23)19-13-11-12(24-2)5-6-15(13)25-3)27-18-16(20-28-21-18)22-7-9-26-10-8-22/h5-6,11,14H,4,7-10H2,1-3H3,(H,19,23). The molecule has 0 radical (unpaired) electrons. The minimum atomic E-state index is -0.723. The van der Waals surface area contributed by atoms with Crippen molar-refractivity contribution in [2.45, 2.75) is 19.4 Å². The molecular weight excluding hydrogens is 384 g/mol. The number of hydrogen-bond acceptors (Lipinski definition) is 9. The zero-order valence-electron chi connectivity index (χ0n) is 16.1. The van der Waals surface area contributed by atoms with E-state index in [0.717, 1.165) is 11.7 Å². The van der Waals surface area contributed by atoms with Crippen molar-refractivity contribution in [1.29, 1.82) is 0 Å². The van der Waals surface area contributed by atoms with Crippen molar-refractivity contribution in [3.63, 3.8) is 0 Å². The Morgan fingerprint density at radius 3 is 2.75 bits per heavy atom. The van der Waals surface area contributed by atoms with E-state index in [2.05, 4.69) is 19.0 Å². The second kappa shape index (κ2) is 9.56. The highest BCUT2D eigenvalue weighted by Gasteiger charge is 2.26. The number of morpholine rings is 1. The number of nitrogens with one attached hydrogen (secondary N) is 1. The molecule has 0 bridgehead atoms. The molecule has 0 saturated carbocycles. The van der Waals surface area contributed by atoms with Gasteiger partial charge in [0.1, 0.15) is 11.5 Å². The zero-order chi connectivity index (χ0) is 19.9. The molecule has 0 aliphatic carbocycles. The lowest BCUT2D eigenvalue weighted by Gasteiger charge is -2.27. The van der Waals surface area contributed by atoms with Crippen LogP contribution >= 0.6 is 11.7 Å². The molecule has 1 amide bonds. The molecule has 3 rings (SSSR count). The van der Waals surface area contributed by atoms with Crippen LogP contribution in [0.1, 0.15) is 13.3 Å². The van der Waals surface area contributed by atoms with Gasteiger partial charge in [-0.3, -0.25) is 4.79 Å². The van der Waals surface area contributed by atoms with Gasteiger partial charge >= 0.3 is 0 Å². The van der Waals surface area contributed by atoms with Crippen LogP contribution in [0.4, 0.5) is 11.5 Å². The normalized spacial score (nSPS) is 15.0. The SMILES string of the molecule is CCC(Oc1nsnc1N1CCOCC1)C(=O)Nc1cc(OC)ccc1OC. The highest BCUT2D eigenvalue weighted by Crippen LogP contribution is 2.30. The second-order valence-electron chi connectivity index (χ2n) is 6.06. The summed E-state index contributed by atoms with van der Waals surface area (Å²) in [6, 6.07) is 5.20. The third-order valence-electron chi connectivity index (χ3n) is 4.33. The third kappa shape index (κ3) is 4.63. The molecule has 9 nitrogen and oxygen atoms in total. The van der Waals surface area contributed by atoms with Crippen LogP contribution in [0.5, 0.6) is 17.4 Å². The molecule has 1 unspecified atom stereocenters. The summed E-state index contributed by atoms with van der Waals surface area (Å²) in [5, 5.41) is 2.85. The number of benzene rings is 1. The monoisotopic (exact) mass is 408 g/mol. The van der Waals surface area contributed by atoms with Crippen LogP contribution in [-0.2, 0) is 9.53 Å². The maximum absolute atomic E-state index is 12.8. The van der Waals surface area contributed by atoms with E-state index in [0.29, 0.717) is 61.6 Å².